The number of nitrogens with two attached hydrogens (primary N) is 1. The molecule has 24 heavy (non-hydrogen) atoms. The number of benzene rings is 2. The van der Waals surface area contributed by atoms with E-state index in [-0.39, 0.29) is 18.1 Å². The fraction of sp³-hybridized carbons (Fsp3) is 0.316. The van der Waals surface area contributed by atoms with Crippen molar-refractivity contribution in [3.8, 4) is 11.5 Å². The fourth-order valence-corrected chi connectivity index (χ4v) is 2.16. The average Bonchev–Trinajstić information content (AvgIpc) is 2.51. The minimum atomic E-state index is -0.218. The highest BCUT2D eigenvalue weighted by Crippen LogP contribution is 2.36. The number of nitrogens with one attached hydrogen (secondary N) is 1. The fourth-order valence-electron chi connectivity index (χ4n) is 2.16. The third kappa shape index (κ3) is 4.65. The number of carbonyl (C=O) groups is 1. The van der Waals surface area contributed by atoms with E-state index < -0.39 is 0 Å². The summed E-state index contributed by atoms with van der Waals surface area (Å²) in [6.07, 6.45) is -0.0736. The Hall–Kier alpha value is -2.69. The van der Waals surface area contributed by atoms with Gasteiger partial charge in [-0.1, -0.05) is 18.2 Å². The van der Waals surface area contributed by atoms with Crippen LogP contribution in [0, 0.1) is 0 Å². The van der Waals surface area contributed by atoms with Gasteiger partial charge in [-0.2, -0.15) is 0 Å². The van der Waals surface area contributed by atoms with Crippen LogP contribution >= 0.6 is 0 Å². The van der Waals surface area contributed by atoms with Gasteiger partial charge in [0.1, 0.15) is 11.5 Å². The lowest BCUT2D eigenvalue weighted by atomic mass is 10.2. The van der Waals surface area contributed by atoms with Gasteiger partial charge in [0, 0.05) is 17.7 Å². The first-order valence-corrected chi connectivity index (χ1v) is 8.00. The van der Waals surface area contributed by atoms with Crippen LogP contribution in [0.1, 0.15) is 38.1 Å². The molecule has 0 aliphatic heterocycles. The molecule has 0 atom stereocenters. The Bertz CT molecular complexity index is 697. The van der Waals surface area contributed by atoms with Gasteiger partial charge in [-0.05, 0) is 39.8 Å². The van der Waals surface area contributed by atoms with E-state index in [9.17, 15) is 4.79 Å². The van der Waals surface area contributed by atoms with Gasteiger partial charge in [-0.3, -0.25) is 4.79 Å². The Morgan fingerprint density at radius 2 is 1.54 bits per heavy atom. The van der Waals surface area contributed by atoms with Gasteiger partial charge in [0.2, 0.25) is 0 Å². The molecular weight excluding hydrogens is 304 g/mol. The summed E-state index contributed by atoms with van der Waals surface area (Å²) in [5.74, 6) is 0.817. The van der Waals surface area contributed by atoms with E-state index in [1.807, 2.05) is 45.9 Å². The smallest absolute Gasteiger partial charge is 0.255 e. The molecule has 0 saturated heterocycles. The van der Waals surface area contributed by atoms with Crippen molar-refractivity contribution in [2.24, 2.45) is 0 Å². The molecule has 0 spiro atoms. The van der Waals surface area contributed by atoms with Crippen molar-refractivity contribution in [3.05, 3.63) is 48.0 Å². The van der Waals surface area contributed by atoms with Crippen molar-refractivity contribution >= 4 is 17.3 Å². The van der Waals surface area contributed by atoms with Crippen molar-refractivity contribution in [2.45, 2.75) is 39.9 Å². The predicted octanol–water partition coefficient (Wildman–Crippen LogP) is 4.10. The normalized spacial score (nSPS) is 10.8. The molecule has 0 aliphatic carbocycles. The zero-order chi connectivity index (χ0) is 17.7. The summed E-state index contributed by atoms with van der Waals surface area (Å²) in [4.78, 5) is 12.4. The van der Waals surface area contributed by atoms with Gasteiger partial charge in [-0.15, -0.1) is 0 Å². The molecule has 3 N–H and O–H groups in total. The molecule has 2 aromatic rings. The number of hydrogen-bond acceptors (Lipinski definition) is 4. The molecule has 0 aliphatic rings. The van der Waals surface area contributed by atoms with Crippen LogP contribution in [0.2, 0.25) is 0 Å². The monoisotopic (exact) mass is 328 g/mol. The lowest BCUT2D eigenvalue weighted by molar-refractivity contribution is 0.102. The summed E-state index contributed by atoms with van der Waals surface area (Å²) < 4.78 is 11.5. The first kappa shape index (κ1) is 17.7. The third-order valence-electron chi connectivity index (χ3n) is 3.12. The maximum atomic E-state index is 12.4. The average molecular weight is 328 g/mol. The van der Waals surface area contributed by atoms with Gasteiger partial charge in [0.05, 0.1) is 23.6 Å². The number of anilines is 2. The number of amides is 1. The molecule has 2 aromatic carbocycles. The highest BCUT2D eigenvalue weighted by atomic mass is 16.5. The van der Waals surface area contributed by atoms with Crippen LogP contribution in [0.25, 0.3) is 0 Å². The summed E-state index contributed by atoms with van der Waals surface area (Å²) in [5.41, 5.74) is 7.60. The van der Waals surface area contributed by atoms with E-state index in [1.54, 1.807) is 24.3 Å². The van der Waals surface area contributed by atoms with Gasteiger partial charge in [0.25, 0.3) is 5.91 Å². The second-order valence-electron chi connectivity index (χ2n) is 6.04. The van der Waals surface area contributed by atoms with Gasteiger partial charge >= 0.3 is 0 Å². The maximum Gasteiger partial charge on any atom is 0.255 e. The standard InChI is InChI=1S/C19H24N2O3/c1-12(2)23-17-11-16(18(10-15(17)20)24-13(3)4)21-19(22)14-8-6-5-7-9-14/h5-13H,20H2,1-4H3,(H,21,22). The number of carbonyl (C=O) groups excluding carboxylic acids is 1. The second-order valence-corrected chi connectivity index (χ2v) is 6.04. The summed E-state index contributed by atoms with van der Waals surface area (Å²) >= 11 is 0. The quantitative estimate of drug-likeness (QED) is 0.783. The van der Waals surface area contributed by atoms with E-state index in [4.69, 9.17) is 15.2 Å². The van der Waals surface area contributed by atoms with E-state index in [0.29, 0.717) is 28.4 Å². The molecule has 0 radical (unpaired) electrons. The third-order valence-corrected chi connectivity index (χ3v) is 3.12. The van der Waals surface area contributed by atoms with Crippen LogP contribution in [0.4, 0.5) is 11.4 Å². The number of hydrogen-bond donors (Lipinski definition) is 2. The molecule has 2 rings (SSSR count). The zero-order valence-electron chi connectivity index (χ0n) is 14.5. The van der Waals surface area contributed by atoms with E-state index in [1.165, 1.54) is 0 Å². The van der Waals surface area contributed by atoms with Gasteiger partial charge in [-0.25, -0.2) is 0 Å². The Labute approximate surface area is 142 Å². The molecule has 0 bridgehead atoms. The Morgan fingerprint density at radius 1 is 0.958 bits per heavy atom. The lowest BCUT2D eigenvalue weighted by Crippen LogP contribution is -2.15. The summed E-state index contributed by atoms with van der Waals surface area (Å²) in [6, 6.07) is 12.4. The van der Waals surface area contributed by atoms with Crippen molar-refractivity contribution in [2.75, 3.05) is 11.1 Å². The van der Waals surface area contributed by atoms with Crippen molar-refractivity contribution in [3.63, 3.8) is 0 Å². The van der Waals surface area contributed by atoms with Crippen LogP contribution in [-0.2, 0) is 0 Å². The SMILES string of the molecule is CC(C)Oc1cc(NC(=O)c2ccccc2)c(OC(C)C)cc1N. The lowest BCUT2D eigenvalue weighted by Gasteiger charge is -2.19. The van der Waals surface area contributed by atoms with Gasteiger partial charge in [0.15, 0.2) is 0 Å². The largest absolute Gasteiger partial charge is 0.489 e. The molecule has 128 valence electrons. The minimum Gasteiger partial charge on any atom is -0.489 e. The zero-order valence-corrected chi connectivity index (χ0v) is 14.5. The number of rotatable bonds is 6. The van der Waals surface area contributed by atoms with Crippen molar-refractivity contribution < 1.29 is 14.3 Å². The maximum absolute atomic E-state index is 12.4. The number of ether oxygens (including phenoxy) is 2. The Balaban J connectivity index is 2.35. The summed E-state index contributed by atoms with van der Waals surface area (Å²) in [5, 5.41) is 2.87. The predicted molar refractivity (Wildman–Crippen MR) is 96.8 cm³/mol. The van der Waals surface area contributed by atoms with Crippen LogP contribution < -0.4 is 20.5 Å². The highest BCUT2D eigenvalue weighted by Gasteiger charge is 2.15. The van der Waals surface area contributed by atoms with Crippen molar-refractivity contribution in [1.29, 1.82) is 0 Å². The van der Waals surface area contributed by atoms with E-state index in [2.05, 4.69) is 5.32 Å². The molecule has 0 fully saturated rings. The first-order valence-electron chi connectivity index (χ1n) is 8.00. The highest BCUT2D eigenvalue weighted by molar-refractivity contribution is 6.05. The van der Waals surface area contributed by atoms with E-state index >= 15 is 0 Å². The Morgan fingerprint density at radius 3 is 2.12 bits per heavy atom. The number of nitrogen functional groups attached to an aromatic ring is 1. The van der Waals surface area contributed by atoms with Crippen LogP contribution in [-0.4, -0.2) is 18.1 Å². The minimum absolute atomic E-state index is 0.0261. The summed E-state index contributed by atoms with van der Waals surface area (Å²) in [7, 11) is 0. The molecule has 5 nitrogen and oxygen atoms in total. The molecule has 5 heteroatoms. The second kappa shape index (κ2) is 7.73. The summed E-state index contributed by atoms with van der Waals surface area (Å²) in [6.45, 7) is 7.66. The molecule has 0 aromatic heterocycles. The molecule has 0 unspecified atom stereocenters. The Kier molecular flexibility index (Phi) is 5.68. The topological polar surface area (TPSA) is 73.6 Å². The van der Waals surface area contributed by atoms with Crippen LogP contribution in [0.15, 0.2) is 42.5 Å². The molecule has 0 heterocycles. The molecule has 1 amide bonds. The first-order chi connectivity index (χ1) is 11.4. The van der Waals surface area contributed by atoms with Gasteiger partial charge < -0.3 is 20.5 Å². The van der Waals surface area contributed by atoms with Crippen LogP contribution in [0.3, 0.4) is 0 Å². The van der Waals surface area contributed by atoms with E-state index in [0.717, 1.165) is 0 Å². The molecule has 0 saturated carbocycles. The van der Waals surface area contributed by atoms with Crippen LogP contribution in [0.5, 0.6) is 11.5 Å². The van der Waals surface area contributed by atoms with Crippen molar-refractivity contribution in [1.82, 2.24) is 0 Å². The molecular formula is C19H24N2O3.